The molecule has 1 nitrogen and oxygen atoms in total. The van der Waals surface area contributed by atoms with Gasteiger partial charge in [-0.1, -0.05) is 12.1 Å². The van der Waals surface area contributed by atoms with Gasteiger partial charge in [0.05, 0.1) is 0 Å². The van der Waals surface area contributed by atoms with Crippen LogP contribution in [0.25, 0.3) is 11.1 Å². The molecule has 0 saturated heterocycles. The topological polar surface area (TPSA) is 17.1 Å². The number of hydrogen-bond donors (Lipinski definition) is 0. The molecule has 3 heteroatoms. The Labute approximate surface area is 102 Å². The zero-order valence-electron chi connectivity index (χ0n) is 8.60. The number of hydrogen-bond acceptors (Lipinski definition) is 3. The lowest BCUT2D eigenvalue weighted by atomic mass is 10.1. The molecule has 2 heterocycles. The third-order valence-electron chi connectivity index (χ3n) is 2.77. The van der Waals surface area contributed by atoms with Crippen molar-refractivity contribution in [1.29, 1.82) is 0 Å². The first-order valence-corrected chi connectivity index (χ1v) is 6.96. The molecule has 2 aromatic heterocycles. The van der Waals surface area contributed by atoms with Gasteiger partial charge >= 0.3 is 0 Å². The average Bonchev–Trinajstić information content (AvgIpc) is 2.96. The monoisotopic (exact) mass is 246 g/mol. The van der Waals surface area contributed by atoms with Crippen LogP contribution in [0.3, 0.4) is 0 Å². The molecule has 80 valence electrons. The fourth-order valence-electron chi connectivity index (χ4n) is 2.06. The summed E-state index contributed by atoms with van der Waals surface area (Å²) in [6.45, 7) is 0. The minimum atomic E-state index is 0.297. The zero-order valence-corrected chi connectivity index (χ0v) is 10.2. The van der Waals surface area contributed by atoms with Gasteiger partial charge in [0.15, 0.2) is 5.78 Å². The van der Waals surface area contributed by atoms with Crippen LogP contribution in [0.15, 0.2) is 35.0 Å². The quantitative estimate of drug-likeness (QED) is 0.780. The highest BCUT2D eigenvalue weighted by molar-refractivity contribution is 7.12. The molecule has 0 fully saturated rings. The Hall–Kier alpha value is -1.19. The molecular weight excluding hydrogens is 236 g/mol. The van der Waals surface area contributed by atoms with E-state index in [1.165, 1.54) is 10.5 Å². The van der Waals surface area contributed by atoms with E-state index < -0.39 is 0 Å². The van der Waals surface area contributed by atoms with E-state index in [9.17, 15) is 4.79 Å². The average molecular weight is 246 g/mol. The van der Waals surface area contributed by atoms with Crippen molar-refractivity contribution in [2.75, 3.05) is 0 Å². The number of ketones is 1. The van der Waals surface area contributed by atoms with Crippen molar-refractivity contribution in [1.82, 2.24) is 0 Å². The van der Waals surface area contributed by atoms with Crippen molar-refractivity contribution >= 4 is 39.6 Å². The largest absolute Gasteiger partial charge is 0.294 e. The highest BCUT2D eigenvalue weighted by Crippen LogP contribution is 2.40. The Kier molecular flexibility index (Phi) is 2.50. The fourth-order valence-corrected chi connectivity index (χ4v) is 3.68. The number of Topliss-reactive ketones (excluding diaryl/α,β-unsaturated/α-hetero) is 1. The zero-order chi connectivity index (χ0) is 11.0. The second kappa shape index (κ2) is 4.00. The molecule has 0 aromatic carbocycles. The van der Waals surface area contributed by atoms with Gasteiger partial charge in [-0.15, -0.1) is 22.7 Å². The minimum absolute atomic E-state index is 0.297. The lowest BCUT2D eigenvalue weighted by Gasteiger charge is -2.01. The summed E-state index contributed by atoms with van der Waals surface area (Å²) < 4.78 is 0. The van der Waals surface area contributed by atoms with E-state index >= 15 is 0 Å². The molecule has 0 N–H and O–H groups in total. The predicted molar refractivity (Wildman–Crippen MR) is 69.7 cm³/mol. The Balaban J connectivity index is 2.16. The maximum Gasteiger partial charge on any atom is 0.164 e. The van der Waals surface area contributed by atoms with E-state index in [1.54, 1.807) is 22.7 Å². The van der Waals surface area contributed by atoms with E-state index in [0.29, 0.717) is 12.2 Å². The second-order valence-corrected chi connectivity index (χ2v) is 5.63. The van der Waals surface area contributed by atoms with E-state index in [1.807, 2.05) is 23.6 Å². The van der Waals surface area contributed by atoms with Crippen molar-refractivity contribution in [2.24, 2.45) is 0 Å². The molecule has 1 aliphatic carbocycles. The van der Waals surface area contributed by atoms with Crippen LogP contribution in [0, 0.1) is 0 Å². The van der Waals surface area contributed by atoms with Gasteiger partial charge in [0.2, 0.25) is 0 Å². The molecule has 0 unspecified atom stereocenters. The highest BCUT2D eigenvalue weighted by Gasteiger charge is 2.26. The number of allylic oxidation sites excluding steroid dienone is 2. The van der Waals surface area contributed by atoms with Gasteiger partial charge in [0.25, 0.3) is 0 Å². The van der Waals surface area contributed by atoms with Crippen molar-refractivity contribution in [3.63, 3.8) is 0 Å². The molecule has 16 heavy (non-hydrogen) atoms. The summed E-state index contributed by atoms with van der Waals surface area (Å²) in [6, 6.07) is 8.19. The first-order chi connectivity index (χ1) is 7.86. The van der Waals surface area contributed by atoms with Crippen LogP contribution in [0.2, 0.25) is 0 Å². The molecule has 0 spiro atoms. The predicted octanol–water partition coefficient (Wildman–Crippen LogP) is 4.08. The van der Waals surface area contributed by atoms with Crippen LogP contribution < -0.4 is 0 Å². The van der Waals surface area contributed by atoms with Crippen LogP contribution >= 0.6 is 22.7 Å². The summed E-state index contributed by atoms with van der Waals surface area (Å²) in [5.41, 5.74) is 2.19. The summed E-state index contributed by atoms with van der Waals surface area (Å²) >= 11 is 3.37. The molecule has 3 rings (SSSR count). The first-order valence-electron chi connectivity index (χ1n) is 5.20. The lowest BCUT2D eigenvalue weighted by molar-refractivity contribution is -0.113. The van der Waals surface area contributed by atoms with Crippen molar-refractivity contribution in [3.05, 3.63) is 44.8 Å². The van der Waals surface area contributed by atoms with Crippen LogP contribution in [-0.2, 0) is 4.79 Å². The molecule has 0 aliphatic heterocycles. The van der Waals surface area contributed by atoms with Crippen LogP contribution in [0.1, 0.15) is 22.6 Å². The fraction of sp³-hybridized carbons (Fsp3) is 0.154. The molecule has 0 bridgehead atoms. The van der Waals surface area contributed by atoms with Gasteiger partial charge in [-0.05, 0) is 34.9 Å². The SMILES string of the molecule is O=C1CCC(c2cccs2)=C1c1cccs1. The third-order valence-corrected chi connectivity index (χ3v) is 4.59. The lowest BCUT2D eigenvalue weighted by Crippen LogP contribution is -1.92. The Bertz CT molecular complexity index is 533. The molecule has 0 amide bonds. The maximum absolute atomic E-state index is 11.9. The number of thiophene rings is 2. The maximum atomic E-state index is 11.9. The van der Waals surface area contributed by atoms with Gasteiger partial charge in [0.1, 0.15) is 0 Å². The smallest absolute Gasteiger partial charge is 0.164 e. The number of rotatable bonds is 2. The Morgan fingerprint density at radius 3 is 2.25 bits per heavy atom. The van der Waals surface area contributed by atoms with Gasteiger partial charge in [0, 0.05) is 21.7 Å². The summed E-state index contributed by atoms with van der Waals surface area (Å²) in [5, 5.41) is 4.09. The Morgan fingerprint density at radius 2 is 1.62 bits per heavy atom. The van der Waals surface area contributed by atoms with Gasteiger partial charge in [-0.25, -0.2) is 0 Å². The summed E-state index contributed by atoms with van der Waals surface area (Å²) in [4.78, 5) is 14.3. The van der Waals surface area contributed by atoms with Gasteiger partial charge < -0.3 is 0 Å². The minimum Gasteiger partial charge on any atom is -0.294 e. The van der Waals surface area contributed by atoms with Crippen LogP contribution in [0.5, 0.6) is 0 Å². The summed E-state index contributed by atoms with van der Waals surface area (Å²) in [7, 11) is 0. The van der Waals surface area contributed by atoms with Gasteiger partial charge in [-0.2, -0.15) is 0 Å². The van der Waals surface area contributed by atoms with Crippen molar-refractivity contribution < 1.29 is 4.79 Å². The second-order valence-electron chi connectivity index (χ2n) is 3.73. The van der Waals surface area contributed by atoms with Crippen LogP contribution in [0.4, 0.5) is 0 Å². The molecule has 2 aromatic rings. The molecular formula is C13H10OS2. The van der Waals surface area contributed by atoms with E-state index in [2.05, 4.69) is 11.4 Å². The molecule has 0 radical (unpaired) electrons. The molecule has 1 aliphatic rings. The van der Waals surface area contributed by atoms with E-state index in [-0.39, 0.29) is 0 Å². The van der Waals surface area contributed by atoms with Crippen LogP contribution in [-0.4, -0.2) is 5.78 Å². The molecule has 0 atom stereocenters. The van der Waals surface area contributed by atoms with E-state index in [4.69, 9.17) is 0 Å². The van der Waals surface area contributed by atoms with Gasteiger partial charge in [-0.3, -0.25) is 4.79 Å². The summed E-state index contributed by atoms with van der Waals surface area (Å²) in [6.07, 6.45) is 1.56. The highest BCUT2D eigenvalue weighted by atomic mass is 32.1. The first kappa shape index (κ1) is 10.00. The number of carbonyl (C=O) groups excluding carboxylic acids is 1. The van der Waals surface area contributed by atoms with E-state index in [0.717, 1.165) is 16.9 Å². The normalized spacial score (nSPS) is 16.1. The third kappa shape index (κ3) is 1.56. The summed E-state index contributed by atoms with van der Waals surface area (Å²) in [5.74, 6) is 0.297. The van der Waals surface area contributed by atoms with Crippen molar-refractivity contribution in [2.45, 2.75) is 12.8 Å². The number of carbonyl (C=O) groups is 1. The standard InChI is InChI=1S/C13H10OS2/c14-10-6-5-9(11-3-1-7-15-11)13(10)12-4-2-8-16-12/h1-4,7-8H,5-6H2. The Morgan fingerprint density at radius 1 is 0.938 bits per heavy atom. The molecule has 0 saturated carbocycles. The van der Waals surface area contributed by atoms with Crippen molar-refractivity contribution in [3.8, 4) is 0 Å².